The quantitative estimate of drug-likeness (QED) is 0.618. The van der Waals surface area contributed by atoms with Crippen LogP contribution in [0.5, 0.6) is 5.75 Å². The van der Waals surface area contributed by atoms with E-state index < -0.39 is 0 Å². The minimum Gasteiger partial charge on any atom is -0.494 e. The van der Waals surface area contributed by atoms with Crippen LogP contribution in [0, 0.1) is 5.92 Å². The number of thiocarbonyl (C=S) groups is 1. The number of anilines is 1. The Labute approximate surface area is 169 Å². The largest absolute Gasteiger partial charge is 0.494 e. The number of hydrogen-bond acceptors (Lipinski definition) is 5. The molecule has 0 aliphatic rings. The molecule has 1 aromatic heterocycles. The van der Waals surface area contributed by atoms with Crippen LogP contribution in [0.3, 0.4) is 0 Å². The van der Waals surface area contributed by atoms with Gasteiger partial charge in [0.15, 0.2) is 5.11 Å². The summed E-state index contributed by atoms with van der Waals surface area (Å²) in [7, 11) is 0. The fourth-order valence-corrected chi connectivity index (χ4v) is 2.89. The maximum atomic E-state index is 11.8. The third-order valence-electron chi connectivity index (χ3n) is 3.86. The first kappa shape index (κ1) is 19.8. The van der Waals surface area contributed by atoms with Crippen LogP contribution in [-0.2, 0) is 4.79 Å². The standard InChI is InChI=1S/C20H23N5O2S/c1-4-27-16-8-6-15(7-9-16)25-23-17-10-5-14(12-18(17)24-25)21-20(28)22-19(26)11-13(2)3/h5-10,12-13H,4,11H2,1-3H3,(H2,21,22,26,28). The SMILES string of the molecule is CCOc1ccc(-n2nc3ccc(NC(=S)NC(=O)CC(C)C)cc3n2)cc1. The minimum absolute atomic E-state index is 0.102. The summed E-state index contributed by atoms with van der Waals surface area (Å²) < 4.78 is 5.46. The summed E-state index contributed by atoms with van der Waals surface area (Å²) in [6.45, 7) is 6.54. The Morgan fingerprint density at radius 3 is 2.54 bits per heavy atom. The van der Waals surface area contributed by atoms with Crippen LogP contribution in [0.25, 0.3) is 16.7 Å². The number of amides is 1. The second kappa shape index (κ2) is 8.79. The number of rotatable bonds is 6. The minimum atomic E-state index is -0.102. The highest BCUT2D eigenvalue weighted by molar-refractivity contribution is 7.80. The third kappa shape index (κ3) is 5.04. The number of benzene rings is 2. The van der Waals surface area contributed by atoms with Crippen LogP contribution in [0.4, 0.5) is 5.69 Å². The molecule has 0 bridgehead atoms. The van der Waals surface area contributed by atoms with Crippen molar-refractivity contribution in [2.75, 3.05) is 11.9 Å². The van der Waals surface area contributed by atoms with E-state index in [1.54, 1.807) is 4.80 Å². The first-order valence-corrected chi connectivity index (χ1v) is 9.56. The molecule has 8 heteroatoms. The molecule has 2 N–H and O–H groups in total. The van der Waals surface area contributed by atoms with Crippen LogP contribution in [-0.4, -0.2) is 32.6 Å². The monoisotopic (exact) mass is 397 g/mol. The third-order valence-corrected chi connectivity index (χ3v) is 4.07. The zero-order valence-corrected chi connectivity index (χ0v) is 16.9. The van der Waals surface area contributed by atoms with Gasteiger partial charge in [-0.3, -0.25) is 4.79 Å². The lowest BCUT2D eigenvalue weighted by Gasteiger charge is -2.10. The smallest absolute Gasteiger partial charge is 0.226 e. The zero-order chi connectivity index (χ0) is 20.1. The lowest BCUT2D eigenvalue weighted by molar-refractivity contribution is -0.120. The Balaban J connectivity index is 1.72. The number of fused-ring (bicyclic) bond motifs is 1. The highest BCUT2D eigenvalue weighted by atomic mass is 32.1. The molecule has 0 atom stereocenters. The van der Waals surface area contributed by atoms with Gasteiger partial charge in [0.1, 0.15) is 16.8 Å². The molecule has 28 heavy (non-hydrogen) atoms. The molecule has 0 radical (unpaired) electrons. The van der Waals surface area contributed by atoms with E-state index in [0.29, 0.717) is 13.0 Å². The molecule has 2 aromatic carbocycles. The molecular weight excluding hydrogens is 374 g/mol. The molecule has 7 nitrogen and oxygen atoms in total. The summed E-state index contributed by atoms with van der Waals surface area (Å²) in [6.07, 6.45) is 0.428. The Morgan fingerprint density at radius 1 is 1.14 bits per heavy atom. The van der Waals surface area contributed by atoms with Gasteiger partial charge in [-0.1, -0.05) is 13.8 Å². The van der Waals surface area contributed by atoms with E-state index in [0.717, 1.165) is 28.2 Å². The van der Waals surface area contributed by atoms with Gasteiger partial charge in [-0.2, -0.15) is 4.80 Å². The molecule has 3 rings (SSSR count). The highest BCUT2D eigenvalue weighted by Crippen LogP contribution is 2.19. The average molecular weight is 398 g/mol. The molecule has 0 fully saturated rings. The average Bonchev–Trinajstić information content (AvgIpc) is 3.05. The van der Waals surface area contributed by atoms with Crippen molar-refractivity contribution < 1.29 is 9.53 Å². The molecule has 0 spiro atoms. The first-order chi connectivity index (χ1) is 13.4. The van der Waals surface area contributed by atoms with Gasteiger partial charge in [0, 0.05) is 12.1 Å². The molecule has 3 aromatic rings. The lowest BCUT2D eigenvalue weighted by atomic mass is 10.1. The van der Waals surface area contributed by atoms with E-state index in [1.165, 1.54) is 0 Å². The van der Waals surface area contributed by atoms with Gasteiger partial charge in [0.05, 0.1) is 12.3 Å². The second-order valence-electron chi connectivity index (χ2n) is 6.72. The topological polar surface area (TPSA) is 81.1 Å². The molecule has 1 amide bonds. The van der Waals surface area contributed by atoms with Gasteiger partial charge in [-0.15, -0.1) is 10.2 Å². The summed E-state index contributed by atoms with van der Waals surface area (Å²) >= 11 is 5.21. The van der Waals surface area contributed by atoms with Crippen LogP contribution in [0.1, 0.15) is 27.2 Å². The van der Waals surface area contributed by atoms with Crippen molar-refractivity contribution in [2.24, 2.45) is 5.92 Å². The number of nitrogens with one attached hydrogen (secondary N) is 2. The number of carbonyl (C=O) groups excluding carboxylic acids is 1. The van der Waals surface area contributed by atoms with Crippen molar-refractivity contribution in [3.05, 3.63) is 42.5 Å². The van der Waals surface area contributed by atoms with Crippen molar-refractivity contribution in [3.63, 3.8) is 0 Å². The van der Waals surface area contributed by atoms with E-state index in [-0.39, 0.29) is 16.9 Å². The highest BCUT2D eigenvalue weighted by Gasteiger charge is 2.09. The lowest BCUT2D eigenvalue weighted by Crippen LogP contribution is -2.34. The molecule has 0 aliphatic carbocycles. The van der Waals surface area contributed by atoms with Crippen LogP contribution < -0.4 is 15.4 Å². The van der Waals surface area contributed by atoms with E-state index in [2.05, 4.69) is 20.8 Å². The van der Waals surface area contributed by atoms with Crippen molar-refractivity contribution in [2.45, 2.75) is 27.2 Å². The fraction of sp³-hybridized carbons (Fsp3) is 0.300. The summed E-state index contributed by atoms with van der Waals surface area (Å²) in [4.78, 5) is 13.4. The van der Waals surface area contributed by atoms with Crippen molar-refractivity contribution >= 4 is 40.0 Å². The molecule has 146 valence electrons. The van der Waals surface area contributed by atoms with Gasteiger partial charge in [-0.05, 0) is 67.5 Å². The van der Waals surface area contributed by atoms with E-state index in [1.807, 2.05) is 63.2 Å². The zero-order valence-electron chi connectivity index (χ0n) is 16.1. The number of aromatic nitrogens is 3. The molecular formula is C20H23N5O2S. The molecule has 1 heterocycles. The Bertz CT molecular complexity index is 982. The fourth-order valence-electron chi connectivity index (χ4n) is 2.66. The van der Waals surface area contributed by atoms with Gasteiger partial charge in [0.2, 0.25) is 5.91 Å². The summed E-state index contributed by atoms with van der Waals surface area (Å²) in [5.74, 6) is 0.981. The van der Waals surface area contributed by atoms with E-state index in [9.17, 15) is 4.79 Å². The predicted octanol–water partition coefficient (Wildman–Crippen LogP) is 3.68. The molecule has 0 aliphatic heterocycles. The maximum absolute atomic E-state index is 11.8. The van der Waals surface area contributed by atoms with Crippen LogP contribution >= 0.6 is 12.2 Å². The van der Waals surface area contributed by atoms with Gasteiger partial charge in [0.25, 0.3) is 0 Å². The number of hydrogen-bond donors (Lipinski definition) is 2. The predicted molar refractivity (Wildman–Crippen MR) is 114 cm³/mol. The van der Waals surface area contributed by atoms with E-state index in [4.69, 9.17) is 17.0 Å². The number of carbonyl (C=O) groups is 1. The Kier molecular flexibility index (Phi) is 6.20. The first-order valence-electron chi connectivity index (χ1n) is 9.15. The Hall–Kier alpha value is -3.00. The van der Waals surface area contributed by atoms with Crippen LogP contribution in [0.2, 0.25) is 0 Å². The molecule has 0 saturated heterocycles. The number of ether oxygens (including phenoxy) is 1. The summed E-state index contributed by atoms with van der Waals surface area (Å²) in [6, 6.07) is 13.1. The Morgan fingerprint density at radius 2 is 1.86 bits per heavy atom. The van der Waals surface area contributed by atoms with Gasteiger partial charge < -0.3 is 15.4 Å². The van der Waals surface area contributed by atoms with Crippen LogP contribution in [0.15, 0.2) is 42.5 Å². The summed E-state index contributed by atoms with van der Waals surface area (Å²) in [5.41, 5.74) is 3.05. The summed E-state index contributed by atoms with van der Waals surface area (Å²) in [5, 5.41) is 15.0. The number of nitrogens with zero attached hydrogens (tertiary/aromatic N) is 3. The normalized spacial score (nSPS) is 10.9. The van der Waals surface area contributed by atoms with Gasteiger partial charge >= 0.3 is 0 Å². The maximum Gasteiger partial charge on any atom is 0.226 e. The van der Waals surface area contributed by atoms with Crippen molar-refractivity contribution in [1.82, 2.24) is 20.3 Å². The molecule has 0 saturated carbocycles. The van der Waals surface area contributed by atoms with Crippen molar-refractivity contribution in [1.29, 1.82) is 0 Å². The van der Waals surface area contributed by atoms with Gasteiger partial charge in [-0.25, -0.2) is 0 Å². The van der Waals surface area contributed by atoms with E-state index >= 15 is 0 Å². The molecule has 0 unspecified atom stereocenters. The van der Waals surface area contributed by atoms with Crippen molar-refractivity contribution in [3.8, 4) is 11.4 Å². The second-order valence-corrected chi connectivity index (χ2v) is 7.13.